The minimum atomic E-state index is -2.99. The number of benzene rings is 1. The van der Waals surface area contributed by atoms with Crippen LogP contribution in [0.4, 0.5) is 5.69 Å². The zero-order chi connectivity index (χ0) is 18.9. The number of amides is 1. The van der Waals surface area contributed by atoms with E-state index in [4.69, 9.17) is 11.6 Å². The second-order valence-electron chi connectivity index (χ2n) is 7.32. The van der Waals surface area contributed by atoms with E-state index >= 15 is 0 Å². The van der Waals surface area contributed by atoms with Crippen molar-refractivity contribution in [2.24, 2.45) is 0 Å². The molecule has 2 fully saturated rings. The summed E-state index contributed by atoms with van der Waals surface area (Å²) in [5.41, 5.74) is 1.04. The van der Waals surface area contributed by atoms with Crippen molar-refractivity contribution in [1.82, 2.24) is 4.90 Å². The Morgan fingerprint density at radius 3 is 2.54 bits per heavy atom. The first kappa shape index (κ1) is 19.5. The van der Waals surface area contributed by atoms with Gasteiger partial charge in [-0.05, 0) is 25.5 Å². The smallest absolute Gasteiger partial charge is 0.280 e. The molecule has 2 saturated heterocycles. The number of anilines is 1. The largest absolute Gasteiger partial charge is 0.359 e. The first-order chi connectivity index (χ1) is 12.3. The van der Waals surface area contributed by atoms with Crippen LogP contribution in [0.2, 0.25) is 5.02 Å². The van der Waals surface area contributed by atoms with Gasteiger partial charge in [0.2, 0.25) is 0 Å². The normalized spacial score (nSPS) is 24.4. The molecule has 0 bridgehead atoms. The van der Waals surface area contributed by atoms with Crippen LogP contribution in [0.1, 0.15) is 13.3 Å². The quantitative estimate of drug-likeness (QED) is 0.777. The van der Waals surface area contributed by atoms with Crippen molar-refractivity contribution in [1.29, 1.82) is 0 Å². The van der Waals surface area contributed by atoms with E-state index in [1.165, 1.54) is 4.90 Å². The van der Waals surface area contributed by atoms with Crippen LogP contribution >= 0.6 is 11.6 Å². The second kappa shape index (κ2) is 7.74. The van der Waals surface area contributed by atoms with E-state index in [0.29, 0.717) is 6.42 Å². The molecule has 1 aromatic rings. The van der Waals surface area contributed by atoms with Crippen LogP contribution in [0.5, 0.6) is 0 Å². The molecular weight excluding hydrogens is 374 g/mol. The standard InChI is InChI=1S/C18H26ClN3O3S/c1-14(18(23)20(2)15-7-12-26(24,25)13-15)21-8-10-22(11-9-21)17-6-4-3-5-16(17)19/h3-6,14-15H,7-13H2,1-2H3/p+1/t14-,15-/m1/s1. The average Bonchev–Trinajstić information content (AvgIpc) is 3.00. The van der Waals surface area contributed by atoms with Crippen molar-refractivity contribution >= 4 is 33.0 Å². The Morgan fingerprint density at radius 2 is 1.96 bits per heavy atom. The zero-order valence-corrected chi connectivity index (χ0v) is 16.9. The minimum Gasteiger partial charge on any atom is -0.359 e. The van der Waals surface area contributed by atoms with Crippen LogP contribution in [-0.2, 0) is 14.6 Å². The molecule has 144 valence electrons. The van der Waals surface area contributed by atoms with Crippen molar-refractivity contribution in [2.45, 2.75) is 25.4 Å². The Morgan fingerprint density at radius 1 is 1.31 bits per heavy atom. The maximum absolute atomic E-state index is 12.8. The van der Waals surface area contributed by atoms with E-state index in [-0.39, 0.29) is 29.5 Å². The fraction of sp³-hybridized carbons (Fsp3) is 0.611. The van der Waals surface area contributed by atoms with Gasteiger partial charge in [0.15, 0.2) is 15.9 Å². The molecule has 1 N–H and O–H groups in total. The highest BCUT2D eigenvalue weighted by molar-refractivity contribution is 7.91. The van der Waals surface area contributed by atoms with Gasteiger partial charge in [0.1, 0.15) is 0 Å². The first-order valence-electron chi connectivity index (χ1n) is 9.09. The third-order valence-electron chi connectivity index (χ3n) is 5.69. The SMILES string of the molecule is C[C@H](C(=O)N(C)[C@@H]1CCS(=O)(=O)C1)[NH+]1CCN(c2ccccc2Cl)CC1. The monoisotopic (exact) mass is 400 g/mol. The number of rotatable bonds is 4. The molecule has 1 aromatic carbocycles. The van der Waals surface area contributed by atoms with Gasteiger partial charge in [-0.15, -0.1) is 0 Å². The molecule has 0 radical (unpaired) electrons. The van der Waals surface area contributed by atoms with E-state index in [9.17, 15) is 13.2 Å². The third kappa shape index (κ3) is 4.15. The fourth-order valence-corrected chi connectivity index (χ4v) is 5.95. The Hall–Kier alpha value is -1.31. The maximum Gasteiger partial charge on any atom is 0.280 e. The summed E-state index contributed by atoms with van der Waals surface area (Å²) in [6, 6.07) is 7.48. The lowest BCUT2D eigenvalue weighted by Crippen LogP contribution is -3.19. The summed E-state index contributed by atoms with van der Waals surface area (Å²) in [6.07, 6.45) is 0.549. The van der Waals surface area contributed by atoms with Crippen molar-refractivity contribution in [2.75, 3.05) is 49.6 Å². The lowest BCUT2D eigenvalue weighted by molar-refractivity contribution is -0.915. The average molecular weight is 401 g/mol. The predicted molar refractivity (Wildman–Crippen MR) is 104 cm³/mol. The summed E-state index contributed by atoms with van der Waals surface area (Å²) >= 11 is 6.29. The number of hydrogen-bond acceptors (Lipinski definition) is 4. The van der Waals surface area contributed by atoms with E-state index in [1.807, 2.05) is 31.2 Å². The molecule has 0 aromatic heterocycles. The number of hydrogen-bond donors (Lipinski definition) is 1. The molecular formula is C18H27ClN3O3S+. The molecule has 0 aliphatic carbocycles. The van der Waals surface area contributed by atoms with E-state index in [1.54, 1.807) is 11.9 Å². The molecule has 0 spiro atoms. The number of nitrogens with zero attached hydrogens (tertiary/aromatic N) is 2. The molecule has 3 rings (SSSR count). The summed E-state index contributed by atoms with van der Waals surface area (Å²) in [5, 5.41) is 0.752. The van der Waals surface area contributed by atoms with E-state index in [0.717, 1.165) is 36.9 Å². The number of likely N-dealkylation sites (N-methyl/N-ethyl adjacent to an activating group) is 1. The van der Waals surface area contributed by atoms with Crippen LogP contribution in [0.25, 0.3) is 0 Å². The van der Waals surface area contributed by atoms with Crippen molar-refractivity contribution < 1.29 is 18.1 Å². The molecule has 2 aliphatic heterocycles. The van der Waals surface area contributed by atoms with Gasteiger partial charge in [-0.2, -0.15) is 0 Å². The van der Waals surface area contributed by atoms with Gasteiger partial charge in [0.25, 0.3) is 5.91 Å². The van der Waals surface area contributed by atoms with Crippen molar-refractivity contribution in [3.05, 3.63) is 29.3 Å². The molecule has 1 amide bonds. The summed E-state index contributed by atoms with van der Waals surface area (Å²) in [7, 11) is -1.25. The van der Waals surface area contributed by atoms with Gasteiger partial charge in [0.05, 0.1) is 48.4 Å². The molecule has 0 unspecified atom stereocenters. The Balaban J connectivity index is 1.57. The molecule has 6 nitrogen and oxygen atoms in total. The lowest BCUT2D eigenvalue weighted by atomic mass is 10.1. The Bertz CT molecular complexity index is 763. The topological polar surface area (TPSA) is 62.1 Å². The minimum absolute atomic E-state index is 0.0355. The molecule has 26 heavy (non-hydrogen) atoms. The third-order valence-corrected chi connectivity index (χ3v) is 7.76. The van der Waals surface area contributed by atoms with Crippen LogP contribution in [0.15, 0.2) is 24.3 Å². The van der Waals surface area contributed by atoms with Crippen LogP contribution in [0, 0.1) is 0 Å². The van der Waals surface area contributed by atoms with Crippen LogP contribution in [0.3, 0.4) is 0 Å². The summed E-state index contributed by atoms with van der Waals surface area (Å²) in [5.74, 6) is 0.318. The number of carbonyl (C=O) groups is 1. The number of para-hydroxylation sites is 1. The second-order valence-corrected chi connectivity index (χ2v) is 9.96. The molecule has 2 aliphatic rings. The molecule has 0 saturated carbocycles. The van der Waals surface area contributed by atoms with Crippen LogP contribution in [-0.4, -0.2) is 76.0 Å². The summed E-state index contributed by atoms with van der Waals surface area (Å²) in [4.78, 5) is 18.0. The zero-order valence-electron chi connectivity index (χ0n) is 15.3. The lowest BCUT2D eigenvalue weighted by Gasteiger charge is -2.37. The molecule has 8 heteroatoms. The van der Waals surface area contributed by atoms with Gasteiger partial charge in [-0.1, -0.05) is 23.7 Å². The van der Waals surface area contributed by atoms with Crippen molar-refractivity contribution in [3.8, 4) is 0 Å². The molecule has 2 atom stereocenters. The summed E-state index contributed by atoms with van der Waals surface area (Å²) < 4.78 is 23.4. The van der Waals surface area contributed by atoms with Gasteiger partial charge in [-0.3, -0.25) is 4.79 Å². The fourth-order valence-electron chi connectivity index (χ4n) is 3.92. The van der Waals surface area contributed by atoms with E-state index < -0.39 is 9.84 Å². The van der Waals surface area contributed by atoms with Crippen LogP contribution < -0.4 is 9.80 Å². The van der Waals surface area contributed by atoms with Crippen molar-refractivity contribution in [3.63, 3.8) is 0 Å². The number of carbonyl (C=O) groups excluding carboxylic acids is 1. The van der Waals surface area contributed by atoms with E-state index in [2.05, 4.69) is 4.90 Å². The Labute approximate surface area is 160 Å². The van der Waals surface area contributed by atoms with Gasteiger partial charge >= 0.3 is 0 Å². The van der Waals surface area contributed by atoms with Gasteiger partial charge in [-0.25, -0.2) is 8.42 Å². The summed E-state index contributed by atoms with van der Waals surface area (Å²) in [6.45, 7) is 5.35. The van der Waals surface area contributed by atoms with Gasteiger partial charge in [0, 0.05) is 13.1 Å². The van der Waals surface area contributed by atoms with Gasteiger partial charge < -0.3 is 14.7 Å². The number of sulfone groups is 1. The number of halogens is 1. The first-order valence-corrected chi connectivity index (χ1v) is 11.3. The highest BCUT2D eigenvalue weighted by atomic mass is 35.5. The molecule has 2 heterocycles. The number of piperazine rings is 1. The highest BCUT2D eigenvalue weighted by Gasteiger charge is 2.37. The maximum atomic E-state index is 12.8. The predicted octanol–water partition coefficient (Wildman–Crippen LogP) is 0.0789. The highest BCUT2D eigenvalue weighted by Crippen LogP contribution is 2.25. The number of nitrogens with one attached hydrogen (secondary N) is 1. The number of quaternary nitrogens is 1. The Kier molecular flexibility index (Phi) is 5.79.